The standard InChI is InChI=1S/C24H25NO5S/c1-18(26)21-10-12-22(13-11-21)31(27,28)25(2)16-20-9-14-23(24(15-20)29-3)30-17-19-7-5-4-6-8-19/h4-15H,16-17H2,1-3H3. The summed E-state index contributed by atoms with van der Waals surface area (Å²) in [5.41, 5.74) is 2.27. The van der Waals surface area contributed by atoms with E-state index in [4.69, 9.17) is 9.47 Å². The Morgan fingerprint density at radius 3 is 2.19 bits per heavy atom. The Morgan fingerprint density at radius 1 is 0.903 bits per heavy atom. The first-order valence-corrected chi connectivity index (χ1v) is 11.2. The van der Waals surface area contributed by atoms with E-state index in [1.165, 1.54) is 42.5 Å². The lowest BCUT2D eigenvalue weighted by molar-refractivity contribution is 0.101. The lowest BCUT2D eigenvalue weighted by Gasteiger charge is -2.19. The van der Waals surface area contributed by atoms with Crippen molar-refractivity contribution in [3.63, 3.8) is 0 Å². The third-order valence-corrected chi connectivity index (χ3v) is 6.66. The van der Waals surface area contributed by atoms with Crippen molar-refractivity contribution in [2.24, 2.45) is 0 Å². The quantitative estimate of drug-likeness (QED) is 0.465. The minimum atomic E-state index is -3.71. The zero-order valence-electron chi connectivity index (χ0n) is 17.7. The summed E-state index contributed by atoms with van der Waals surface area (Å²) in [5.74, 6) is 1.00. The maximum Gasteiger partial charge on any atom is 0.243 e. The molecule has 0 N–H and O–H groups in total. The molecule has 0 saturated carbocycles. The second kappa shape index (κ2) is 9.76. The highest BCUT2D eigenvalue weighted by Gasteiger charge is 2.21. The molecule has 0 unspecified atom stereocenters. The number of carbonyl (C=O) groups is 1. The third kappa shape index (κ3) is 5.51. The van der Waals surface area contributed by atoms with E-state index in [9.17, 15) is 13.2 Å². The van der Waals surface area contributed by atoms with Gasteiger partial charge >= 0.3 is 0 Å². The van der Waals surface area contributed by atoms with Gasteiger partial charge in [0.2, 0.25) is 10.0 Å². The molecule has 0 aliphatic heterocycles. The number of Topliss-reactive ketones (excluding diaryl/α,β-unsaturated/α-hetero) is 1. The largest absolute Gasteiger partial charge is 0.493 e. The molecule has 0 atom stereocenters. The Morgan fingerprint density at radius 2 is 1.58 bits per heavy atom. The fourth-order valence-electron chi connectivity index (χ4n) is 3.05. The van der Waals surface area contributed by atoms with E-state index in [1.807, 2.05) is 36.4 Å². The van der Waals surface area contributed by atoms with Crippen molar-refractivity contribution < 1.29 is 22.7 Å². The number of nitrogens with zero attached hydrogens (tertiary/aromatic N) is 1. The monoisotopic (exact) mass is 439 g/mol. The summed E-state index contributed by atoms with van der Waals surface area (Å²) in [5, 5.41) is 0. The van der Waals surface area contributed by atoms with Gasteiger partial charge in [0.05, 0.1) is 12.0 Å². The van der Waals surface area contributed by atoms with Gasteiger partial charge in [-0.2, -0.15) is 4.31 Å². The molecule has 0 amide bonds. The number of rotatable bonds is 9. The Kier molecular flexibility index (Phi) is 7.09. The molecule has 3 aromatic carbocycles. The molecular weight excluding hydrogens is 414 g/mol. The van der Waals surface area contributed by atoms with Gasteiger partial charge in [0, 0.05) is 19.2 Å². The highest BCUT2D eigenvalue weighted by atomic mass is 32.2. The molecule has 7 heteroatoms. The number of hydrogen-bond acceptors (Lipinski definition) is 5. The van der Waals surface area contributed by atoms with Gasteiger partial charge in [-0.3, -0.25) is 4.79 Å². The van der Waals surface area contributed by atoms with Gasteiger partial charge in [0.1, 0.15) is 6.61 Å². The number of methoxy groups -OCH3 is 1. The van der Waals surface area contributed by atoms with Crippen LogP contribution < -0.4 is 9.47 Å². The van der Waals surface area contributed by atoms with E-state index in [1.54, 1.807) is 19.2 Å². The van der Waals surface area contributed by atoms with Crippen molar-refractivity contribution in [2.45, 2.75) is 25.0 Å². The molecule has 0 aliphatic rings. The summed E-state index contributed by atoms with van der Waals surface area (Å²) < 4.78 is 38.3. The van der Waals surface area contributed by atoms with Crippen LogP contribution >= 0.6 is 0 Å². The predicted octanol–water partition coefficient (Wildman–Crippen LogP) is 4.30. The summed E-state index contributed by atoms with van der Waals surface area (Å²) in [6.07, 6.45) is 0. The van der Waals surface area contributed by atoms with Crippen molar-refractivity contribution in [3.8, 4) is 11.5 Å². The van der Waals surface area contributed by atoms with Crippen molar-refractivity contribution in [2.75, 3.05) is 14.2 Å². The van der Waals surface area contributed by atoms with Crippen LogP contribution in [0.3, 0.4) is 0 Å². The van der Waals surface area contributed by atoms with E-state index in [2.05, 4.69) is 0 Å². The number of ketones is 1. The first-order valence-electron chi connectivity index (χ1n) is 9.72. The second-order valence-corrected chi connectivity index (χ2v) is 9.15. The van der Waals surface area contributed by atoms with E-state index in [-0.39, 0.29) is 17.2 Å². The SMILES string of the molecule is COc1cc(CN(C)S(=O)(=O)c2ccc(C(C)=O)cc2)ccc1OCc1ccccc1. The minimum absolute atomic E-state index is 0.112. The zero-order chi connectivity index (χ0) is 22.4. The van der Waals surface area contributed by atoms with Crippen LogP contribution in [0.25, 0.3) is 0 Å². The minimum Gasteiger partial charge on any atom is -0.493 e. The summed E-state index contributed by atoms with van der Waals surface area (Å²) in [6.45, 7) is 2.00. The topological polar surface area (TPSA) is 72.9 Å². The predicted molar refractivity (Wildman–Crippen MR) is 119 cm³/mol. The molecule has 0 heterocycles. The first-order chi connectivity index (χ1) is 14.8. The van der Waals surface area contributed by atoms with Crippen molar-refractivity contribution in [1.82, 2.24) is 4.31 Å². The molecule has 162 valence electrons. The molecular formula is C24H25NO5S. The molecule has 6 nitrogen and oxygen atoms in total. The molecule has 0 bridgehead atoms. The number of carbonyl (C=O) groups excluding carboxylic acids is 1. The van der Waals surface area contributed by atoms with Crippen molar-refractivity contribution in [3.05, 3.63) is 89.5 Å². The molecule has 0 saturated heterocycles. The third-order valence-electron chi connectivity index (χ3n) is 4.84. The number of benzene rings is 3. The van der Waals surface area contributed by atoms with E-state index in [0.29, 0.717) is 23.7 Å². The number of ether oxygens (including phenoxy) is 2. The Hall–Kier alpha value is -3.16. The zero-order valence-corrected chi connectivity index (χ0v) is 18.6. The summed E-state index contributed by atoms with van der Waals surface area (Å²) in [7, 11) is -0.644. The first kappa shape index (κ1) is 22.5. The lowest BCUT2D eigenvalue weighted by Crippen LogP contribution is -2.26. The average molecular weight is 440 g/mol. The maximum atomic E-state index is 12.9. The van der Waals surface area contributed by atoms with Crippen LogP contribution in [0.2, 0.25) is 0 Å². The molecule has 31 heavy (non-hydrogen) atoms. The Bertz CT molecular complexity index is 1140. The van der Waals surface area contributed by atoms with Gasteiger partial charge in [-0.25, -0.2) is 8.42 Å². The van der Waals surface area contributed by atoms with Crippen LogP contribution in [-0.2, 0) is 23.2 Å². The lowest BCUT2D eigenvalue weighted by atomic mass is 10.2. The molecule has 0 spiro atoms. The summed E-state index contributed by atoms with van der Waals surface area (Å²) in [6, 6.07) is 21.1. The van der Waals surface area contributed by atoms with Gasteiger partial charge in [-0.1, -0.05) is 48.5 Å². The molecule has 0 aliphatic carbocycles. The van der Waals surface area contributed by atoms with Gasteiger partial charge in [-0.15, -0.1) is 0 Å². The normalized spacial score (nSPS) is 11.4. The highest BCUT2D eigenvalue weighted by molar-refractivity contribution is 7.89. The van der Waals surface area contributed by atoms with Crippen LogP contribution in [0.1, 0.15) is 28.4 Å². The van der Waals surface area contributed by atoms with E-state index < -0.39 is 10.0 Å². The second-order valence-electron chi connectivity index (χ2n) is 7.10. The average Bonchev–Trinajstić information content (AvgIpc) is 2.78. The maximum absolute atomic E-state index is 12.9. The molecule has 3 aromatic rings. The number of hydrogen-bond donors (Lipinski definition) is 0. The number of sulfonamides is 1. The van der Waals surface area contributed by atoms with Crippen LogP contribution in [0, 0.1) is 0 Å². The van der Waals surface area contributed by atoms with Crippen molar-refractivity contribution in [1.29, 1.82) is 0 Å². The Balaban J connectivity index is 1.73. The summed E-state index contributed by atoms with van der Waals surface area (Å²) >= 11 is 0. The molecule has 0 fully saturated rings. The highest BCUT2D eigenvalue weighted by Crippen LogP contribution is 2.30. The molecule has 0 aromatic heterocycles. The van der Waals surface area contributed by atoms with Gasteiger partial charge in [-0.05, 0) is 42.3 Å². The van der Waals surface area contributed by atoms with Crippen LogP contribution in [-0.4, -0.2) is 32.7 Å². The summed E-state index contributed by atoms with van der Waals surface area (Å²) in [4.78, 5) is 11.5. The van der Waals surface area contributed by atoms with Crippen molar-refractivity contribution >= 4 is 15.8 Å². The van der Waals surface area contributed by atoms with E-state index in [0.717, 1.165) is 11.1 Å². The fourth-order valence-corrected chi connectivity index (χ4v) is 4.21. The van der Waals surface area contributed by atoms with Gasteiger partial charge in [0.15, 0.2) is 17.3 Å². The van der Waals surface area contributed by atoms with Gasteiger partial charge < -0.3 is 9.47 Å². The smallest absolute Gasteiger partial charge is 0.243 e. The molecule has 0 radical (unpaired) electrons. The van der Waals surface area contributed by atoms with Gasteiger partial charge in [0.25, 0.3) is 0 Å². The fraction of sp³-hybridized carbons (Fsp3) is 0.208. The van der Waals surface area contributed by atoms with E-state index >= 15 is 0 Å². The van der Waals surface area contributed by atoms with Crippen LogP contribution in [0.5, 0.6) is 11.5 Å². The molecule has 3 rings (SSSR count). The van der Waals surface area contributed by atoms with Crippen LogP contribution in [0.15, 0.2) is 77.7 Å². The van der Waals surface area contributed by atoms with Crippen LogP contribution in [0.4, 0.5) is 0 Å². The Labute approximate surface area is 183 Å².